The lowest BCUT2D eigenvalue weighted by Gasteiger charge is -2.36. The largest absolute Gasteiger partial charge is 0.480 e. The van der Waals surface area contributed by atoms with Gasteiger partial charge in [0.15, 0.2) is 0 Å². The van der Waals surface area contributed by atoms with E-state index in [0.717, 1.165) is 6.42 Å². The smallest absolute Gasteiger partial charge is 0.393 e. The van der Waals surface area contributed by atoms with Crippen LogP contribution in [0.3, 0.4) is 0 Å². The first-order chi connectivity index (χ1) is 9.69. The second kappa shape index (κ2) is 7.45. The number of aliphatic carboxylic acids is 1. The Morgan fingerprint density at radius 3 is 2.62 bits per heavy atom. The van der Waals surface area contributed by atoms with Crippen molar-refractivity contribution in [2.45, 2.75) is 51.2 Å². The standard InChI is InChI=1S/C14H25F3N2O2/c1-3-7-18-13(2,12(20)21)6-9-19-8-4-5-11(10-19)14(15,16)17/h11,18H,3-10H2,1-2H3,(H,20,21). The summed E-state index contributed by atoms with van der Waals surface area (Å²) in [6.07, 6.45) is -2.37. The highest BCUT2D eigenvalue weighted by atomic mass is 19.4. The van der Waals surface area contributed by atoms with Crippen molar-refractivity contribution in [2.24, 2.45) is 5.92 Å². The molecule has 2 atom stereocenters. The number of carboxylic acid groups (broad SMARTS) is 1. The third-order valence-electron chi connectivity index (χ3n) is 4.13. The van der Waals surface area contributed by atoms with Crippen LogP contribution in [-0.4, -0.2) is 53.9 Å². The molecule has 124 valence electrons. The van der Waals surface area contributed by atoms with E-state index in [1.807, 2.05) is 6.92 Å². The van der Waals surface area contributed by atoms with Crippen LogP contribution in [-0.2, 0) is 4.79 Å². The van der Waals surface area contributed by atoms with Crippen molar-refractivity contribution in [2.75, 3.05) is 26.2 Å². The van der Waals surface area contributed by atoms with Gasteiger partial charge >= 0.3 is 12.1 Å². The molecule has 0 aromatic rings. The van der Waals surface area contributed by atoms with Gasteiger partial charge in [-0.25, -0.2) is 0 Å². The zero-order valence-electron chi connectivity index (χ0n) is 12.7. The Hall–Kier alpha value is -0.820. The van der Waals surface area contributed by atoms with Crippen LogP contribution in [0.25, 0.3) is 0 Å². The van der Waals surface area contributed by atoms with Crippen molar-refractivity contribution < 1.29 is 23.1 Å². The van der Waals surface area contributed by atoms with Crippen LogP contribution >= 0.6 is 0 Å². The molecule has 2 unspecified atom stereocenters. The van der Waals surface area contributed by atoms with E-state index in [0.29, 0.717) is 32.5 Å². The van der Waals surface area contributed by atoms with Crippen LogP contribution in [0.1, 0.15) is 39.5 Å². The van der Waals surface area contributed by atoms with Gasteiger partial charge in [-0.3, -0.25) is 4.79 Å². The molecule has 0 amide bonds. The highest BCUT2D eigenvalue weighted by molar-refractivity contribution is 5.78. The number of piperidine rings is 1. The number of halogens is 3. The first-order valence-corrected chi connectivity index (χ1v) is 7.46. The van der Waals surface area contributed by atoms with Crippen LogP contribution in [0.4, 0.5) is 13.2 Å². The van der Waals surface area contributed by atoms with Gasteiger partial charge < -0.3 is 15.3 Å². The number of carbonyl (C=O) groups is 1. The van der Waals surface area contributed by atoms with E-state index in [-0.39, 0.29) is 13.0 Å². The molecule has 4 nitrogen and oxygen atoms in total. The molecular formula is C14H25F3N2O2. The Morgan fingerprint density at radius 1 is 1.43 bits per heavy atom. The molecule has 2 N–H and O–H groups in total. The number of rotatable bonds is 7. The van der Waals surface area contributed by atoms with Crippen molar-refractivity contribution in [3.05, 3.63) is 0 Å². The molecular weight excluding hydrogens is 285 g/mol. The quantitative estimate of drug-likeness (QED) is 0.758. The number of carboxylic acids is 1. The van der Waals surface area contributed by atoms with Gasteiger partial charge in [0.2, 0.25) is 0 Å². The molecule has 0 spiro atoms. The molecule has 1 fully saturated rings. The highest BCUT2D eigenvalue weighted by Crippen LogP contribution is 2.33. The molecule has 0 bridgehead atoms. The second-order valence-electron chi connectivity index (χ2n) is 6.00. The molecule has 0 aromatic carbocycles. The van der Waals surface area contributed by atoms with Crippen molar-refractivity contribution in [1.82, 2.24) is 10.2 Å². The normalized spacial score (nSPS) is 23.8. The number of hydrogen-bond acceptors (Lipinski definition) is 3. The average Bonchev–Trinajstić information content (AvgIpc) is 2.42. The predicted molar refractivity (Wildman–Crippen MR) is 74.2 cm³/mol. The third-order valence-corrected chi connectivity index (χ3v) is 4.13. The fraction of sp³-hybridized carbons (Fsp3) is 0.929. The van der Waals surface area contributed by atoms with Crippen LogP contribution < -0.4 is 5.32 Å². The zero-order chi connectivity index (χ0) is 16.1. The molecule has 0 aliphatic carbocycles. The molecule has 1 aliphatic rings. The van der Waals surface area contributed by atoms with Crippen molar-refractivity contribution >= 4 is 5.97 Å². The van der Waals surface area contributed by atoms with Gasteiger partial charge in [0.05, 0.1) is 5.92 Å². The summed E-state index contributed by atoms with van der Waals surface area (Å²) in [5, 5.41) is 12.3. The minimum absolute atomic E-state index is 0.0209. The van der Waals surface area contributed by atoms with E-state index in [2.05, 4.69) is 5.32 Å². The van der Waals surface area contributed by atoms with Gasteiger partial charge in [-0.2, -0.15) is 13.2 Å². The molecule has 1 rings (SSSR count). The molecule has 1 heterocycles. The number of likely N-dealkylation sites (tertiary alicyclic amines) is 1. The lowest BCUT2D eigenvalue weighted by atomic mass is 9.94. The molecule has 0 saturated carbocycles. The number of nitrogens with zero attached hydrogens (tertiary/aromatic N) is 1. The van der Waals surface area contributed by atoms with Gasteiger partial charge in [0.25, 0.3) is 0 Å². The Bertz CT molecular complexity index is 350. The minimum atomic E-state index is -4.16. The first kappa shape index (κ1) is 18.2. The summed E-state index contributed by atoms with van der Waals surface area (Å²) in [5.74, 6) is -2.24. The maximum atomic E-state index is 12.8. The van der Waals surface area contributed by atoms with Gasteiger partial charge in [-0.05, 0) is 45.7 Å². The Balaban J connectivity index is 2.54. The molecule has 0 aromatic heterocycles. The summed E-state index contributed by atoms with van der Waals surface area (Å²) < 4.78 is 38.3. The highest BCUT2D eigenvalue weighted by Gasteiger charge is 2.42. The first-order valence-electron chi connectivity index (χ1n) is 7.46. The predicted octanol–water partition coefficient (Wildman–Crippen LogP) is 2.49. The van der Waals surface area contributed by atoms with E-state index < -0.39 is 23.6 Å². The van der Waals surface area contributed by atoms with E-state index in [9.17, 15) is 23.1 Å². The Morgan fingerprint density at radius 2 is 2.10 bits per heavy atom. The lowest BCUT2D eigenvalue weighted by Crippen LogP contribution is -2.52. The minimum Gasteiger partial charge on any atom is -0.480 e. The van der Waals surface area contributed by atoms with Crippen molar-refractivity contribution in [1.29, 1.82) is 0 Å². The molecule has 1 aliphatic heterocycles. The van der Waals surface area contributed by atoms with Crippen LogP contribution in [0.2, 0.25) is 0 Å². The topological polar surface area (TPSA) is 52.6 Å². The number of nitrogens with one attached hydrogen (secondary N) is 1. The van der Waals surface area contributed by atoms with Crippen LogP contribution in [0.15, 0.2) is 0 Å². The van der Waals surface area contributed by atoms with E-state index >= 15 is 0 Å². The summed E-state index contributed by atoms with van der Waals surface area (Å²) in [6.45, 7) is 5.06. The van der Waals surface area contributed by atoms with Crippen LogP contribution in [0, 0.1) is 5.92 Å². The maximum Gasteiger partial charge on any atom is 0.393 e. The lowest BCUT2D eigenvalue weighted by molar-refractivity contribution is -0.187. The summed E-state index contributed by atoms with van der Waals surface area (Å²) in [7, 11) is 0. The Kier molecular flexibility index (Phi) is 6.46. The summed E-state index contributed by atoms with van der Waals surface area (Å²) >= 11 is 0. The molecule has 0 radical (unpaired) electrons. The monoisotopic (exact) mass is 310 g/mol. The van der Waals surface area contributed by atoms with Gasteiger partial charge in [0.1, 0.15) is 5.54 Å². The maximum absolute atomic E-state index is 12.8. The summed E-state index contributed by atoms with van der Waals surface area (Å²) in [4.78, 5) is 13.1. The average molecular weight is 310 g/mol. The Labute approximate surface area is 123 Å². The van der Waals surface area contributed by atoms with Crippen molar-refractivity contribution in [3.63, 3.8) is 0 Å². The molecule has 21 heavy (non-hydrogen) atoms. The van der Waals surface area contributed by atoms with E-state index in [1.165, 1.54) is 0 Å². The third kappa shape index (κ3) is 5.47. The van der Waals surface area contributed by atoms with Crippen molar-refractivity contribution in [3.8, 4) is 0 Å². The fourth-order valence-electron chi connectivity index (χ4n) is 2.58. The van der Waals surface area contributed by atoms with Gasteiger partial charge in [-0.15, -0.1) is 0 Å². The van der Waals surface area contributed by atoms with E-state index in [4.69, 9.17) is 0 Å². The van der Waals surface area contributed by atoms with Crippen LogP contribution in [0.5, 0.6) is 0 Å². The van der Waals surface area contributed by atoms with Gasteiger partial charge in [-0.1, -0.05) is 6.92 Å². The SMILES string of the molecule is CCCNC(C)(CCN1CCCC(C(F)(F)F)C1)C(=O)O. The number of hydrogen-bond donors (Lipinski definition) is 2. The van der Waals surface area contributed by atoms with Gasteiger partial charge in [0, 0.05) is 13.1 Å². The summed E-state index contributed by atoms with van der Waals surface area (Å²) in [5.41, 5.74) is -1.08. The second-order valence-corrected chi connectivity index (χ2v) is 6.00. The number of alkyl halides is 3. The fourth-order valence-corrected chi connectivity index (χ4v) is 2.58. The zero-order valence-corrected chi connectivity index (χ0v) is 12.7. The van der Waals surface area contributed by atoms with E-state index in [1.54, 1.807) is 11.8 Å². The summed E-state index contributed by atoms with van der Waals surface area (Å²) in [6, 6.07) is 0. The molecule has 7 heteroatoms. The molecule has 1 saturated heterocycles.